The van der Waals surface area contributed by atoms with Crippen LogP contribution in [0.15, 0.2) is 18.2 Å². The van der Waals surface area contributed by atoms with E-state index in [0.29, 0.717) is 18.8 Å². The van der Waals surface area contributed by atoms with Gasteiger partial charge in [0.25, 0.3) is 5.91 Å². The molecule has 2 fully saturated rings. The van der Waals surface area contributed by atoms with E-state index >= 15 is 0 Å². The molecule has 162 valence electrons. The second kappa shape index (κ2) is 8.40. The van der Waals surface area contributed by atoms with Gasteiger partial charge in [-0.3, -0.25) is 14.5 Å². The van der Waals surface area contributed by atoms with Crippen molar-refractivity contribution < 1.29 is 14.4 Å². The molecule has 0 aromatic heterocycles. The second-order valence-electron chi connectivity index (χ2n) is 9.28. The summed E-state index contributed by atoms with van der Waals surface area (Å²) < 4.78 is 0. The highest BCUT2D eigenvalue weighted by Gasteiger charge is 2.52. The number of hydrogen-bond acceptors (Lipinski definition) is 3. The maximum atomic E-state index is 13.0. The molecule has 1 atom stereocenters. The minimum absolute atomic E-state index is 0.167. The third-order valence-corrected chi connectivity index (χ3v) is 7.33. The predicted octanol–water partition coefficient (Wildman–Crippen LogP) is 3.63. The van der Waals surface area contributed by atoms with Gasteiger partial charge in [0.15, 0.2) is 0 Å². The standard InChI is InChI=1S/C24H33N3O3/c1-3-17-10-12-24(13-11-17)22(29)27(23(30)26-24)15-21(28)25-16(2)19-9-8-18-6-4-5-7-20(18)14-19/h8-9,14,16-17H,3-7,10-13,15H2,1-2H3,(H,25,28)(H,26,30). The number of urea groups is 1. The van der Waals surface area contributed by atoms with Gasteiger partial charge in [0.1, 0.15) is 12.1 Å². The van der Waals surface area contributed by atoms with Crippen molar-refractivity contribution in [3.63, 3.8) is 0 Å². The van der Waals surface area contributed by atoms with Crippen LogP contribution in [0.25, 0.3) is 0 Å². The number of carbonyl (C=O) groups excluding carboxylic acids is 3. The van der Waals surface area contributed by atoms with Crippen molar-refractivity contribution in [1.29, 1.82) is 0 Å². The van der Waals surface area contributed by atoms with Crippen LogP contribution in [0.1, 0.15) is 81.5 Å². The smallest absolute Gasteiger partial charge is 0.325 e. The molecule has 1 heterocycles. The molecule has 6 nitrogen and oxygen atoms in total. The van der Waals surface area contributed by atoms with Gasteiger partial charge in [0.05, 0.1) is 6.04 Å². The van der Waals surface area contributed by atoms with Crippen LogP contribution in [-0.4, -0.2) is 34.8 Å². The zero-order valence-corrected chi connectivity index (χ0v) is 18.1. The first-order chi connectivity index (χ1) is 14.4. The third kappa shape index (κ3) is 3.96. The van der Waals surface area contributed by atoms with E-state index < -0.39 is 11.6 Å². The first kappa shape index (κ1) is 20.9. The molecule has 1 aromatic rings. The fraction of sp³-hybridized carbons (Fsp3) is 0.625. The summed E-state index contributed by atoms with van der Waals surface area (Å²) in [5.41, 5.74) is 3.05. The Kier molecular flexibility index (Phi) is 5.85. The first-order valence-corrected chi connectivity index (χ1v) is 11.5. The molecule has 2 aliphatic carbocycles. The molecule has 1 unspecified atom stereocenters. The van der Waals surface area contributed by atoms with E-state index in [4.69, 9.17) is 0 Å². The Bertz CT molecular complexity index is 842. The minimum Gasteiger partial charge on any atom is -0.348 e. The van der Waals surface area contributed by atoms with Crippen molar-refractivity contribution in [3.8, 4) is 0 Å². The van der Waals surface area contributed by atoms with Crippen molar-refractivity contribution in [2.24, 2.45) is 5.92 Å². The quantitative estimate of drug-likeness (QED) is 0.726. The van der Waals surface area contributed by atoms with Crippen molar-refractivity contribution >= 4 is 17.8 Å². The molecule has 1 aliphatic heterocycles. The van der Waals surface area contributed by atoms with Gasteiger partial charge in [-0.05, 0) is 80.9 Å². The molecule has 4 rings (SSSR count). The molecule has 1 aromatic carbocycles. The van der Waals surface area contributed by atoms with E-state index in [-0.39, 0.29) is 24.4 Å². The average Bonchev–Trinajstić information content (AvgIpc) is 2.98. The summed E-state index contributed by atoms with van der Waals surface area (Å²) in [6.07, 6.45) is 8.99. The number of aryl methyl sites for hydroxylation is 2. The average molecular weight is 412 g/mol. The number of hydrogen-bond donors (Lipinski definition) is 2. The summed E-state index contributed by atoms with van der Waals surface area (Å²) in [5, 5.41) is 5.86. The summed E-state index contributed by atoms with van der Waals surface area (Å²) in [6.45, 7) is 3.89. The van der Waals surface area contributed by atoms with Crippen LogP contribution >= 0.6 is 0 Å². The number of carbonyl (C=O) groups is 3. The van der Waals surface area contributed by atoms with Crippen LogP contribution in [-0.2, 0) is 22.4 Å². The van der Waals surface area contributed by atoms with Crippen molar-refractivity contribution in [1.82, 2.24) is 15.5 Å². The van der Waals surface area contributed by atoms with Crippen LogP contribution in [0, 0.1) is 5.92 Å². The number of benzene rings is 1. The van der Waals surface area contributed by atoms with Crippen molar-refractivity contribution in [2.75, 3.05) is 6.54 Å². The molecular formula is C24H33N3O3. The predicted molar refractivity (Wildman–Crippen MR) is 115 cm³/mol. The Labute approximate surface area is 178 Å². The maximum Gasteiger partial charge on any atom is 0.325 e. The summed E-state index contributed by atoms with van der Waals surface area (Å²) in [4.78, 5) is 39.2. The van der Waals surface area contributed by atoms with E-state index in [9.17, 15) is 14.4 Å². The fourth-order valence-corrected chi connectivity index (χ4v) is 5.27. The third-order valence-electron chi connectivity index (χ3n) is 7.33. The summed E-state index contributed by atoms with van der Waals surface area (Å²) in [5.74, 6) is 0.0804. The van der Waals surface area contributed by atoms with Gasteiger partial charge in [-0.25, -0.2) is 4.79 Å². The van der Waals surface area contributed by atoms with Crippen molar-refractivity contribution in [3.05, 3.63) is 34.9 Å². The fourth-order valence-electron chi connectivity index (χ4n) is 5.27. The van der Waals surface area contributed by atoms with E-state index in [1.54, 1.807) is 0 Å². The van der Waals surface area contributed by atoms with E-state index in [1.807, 2.05) is 6.92 Å². The Hall–Kier alpha value is -2.37. The SMILES string of the molecule is CCC1CCC2(CC1)NC(=O)N(CC(=O)NC(C)c1ccc3c(c1)CCCC3)C2=O. The molecule has 0 bridgehead atoms. The van der Waals surface area contributed by atoms with E-state index in [0.717, 1.165) is 42.6 Å². The molecule has 6 heteroatoms. The molecule has 1 spiro atoms. The second-order valence-corrected chi connectivity index (χ2v) is 9.28. The number of rotatable bonds is 5. The lowest BCUT2D eigenvalue weighted by Crippen LogP contribution is -2.50. The van der Waals surface area contributed by atoms with Crippen LogP contribution in [0.4, 0.5) is 4.79 Å². The number of imide groups is 1. The highest BCUT2D eigenvalue weighted by molar-refractivity contribution is 6.09. The summed E-state index contributed by atoms with van der Waals surface area (Å²) >= 11 is 0. The summed E-state index contributed by atoms with van der Waals surface area (Å²) in [6, 6.07) is 5.82. The Morgan fingerprint density at radius 2 is 1.90 bits per heavy atom. The highest BCUT2D eigenvalue weighted by atomic mass is 16.2. The van der Waals surface area contributed by atoms with Gasteiger partial charge < -0.3 is 10.6 Å². The highest BCUT2D eigenvalue weighted by Crippen LogP contribution is 2.37. The Morgan fingerprint density at radius 1 is 1.20 bits per heavy atom. The lowest BCUT2D eigenvalue weighted by atomic mass is 9.75. The van der Waals surface area contributed by atoms with Crippen LogP contribution in [0.3, 0.4) is 0 Å². The lowest BCUT2D eigenvalue weighted by molar-refractivity contribution is -0.136. The van der Waals surface area contributed by atoms with Gasteiger partial charge in [0, 0.05) is 0 Å². The first-order valence-electron chi connectivity index (χ1n) is 11.5. The lowest BCUT2D eigenvalue weighted by Gasteiger charge is -2.34. The maximum absolute atomic E-state index is 13.0. The van der Waals surface area contributed by atoms with Crippen LogP contribution < -0.4 is 10.6 Å². The van der Waals surface area contributed by atoms with Crippen LogP contribution in [0.5, 0.6) is 0 Å². The molecule has 2 N–H and O–H groups in total. The monoisotopic (exact) mass is 411 g/mol. The largest absolute Gasteiger partial charge is 0.348 e. The van der Waals surface area contributed by atoms with Gasteiger partial charge >= 0.3 is 6.03 Å². The zero-order chi connectivity index (χ0) is 21.3. The Balaban J connectivity index is 1.37. The minimum atomic E-state index is -0.798. The number of nitrogens with zero attached hydrogens (tertiary/aromatic N) is 1. The van der Waals surface area contributed by atoms with Gasteiger partial charge in [-0.2, -0.15) is 0 Å². The van der Waals surface area contributed by atoms with Gasteiger partial charge in [-0.1, -0.05) is 31.5 Å². The molecule has 4 amide bonds. The van der Waals surface area contributed by atoms with E-state index in [1.165, 1.54) is 24.0 Å². The Morgan fingerprint density at radius 3 is 2.60 bits per heavy atom. The van der Waals surface area contributed by atoms with Crippen LogP contribution in [0.2, 0.25) is 0 Å². The topological polar surface area (TPSA) is 78.5 Å². The van der Waals surface area contributed by atoms with Gasteiger partial charge in [-0.15, -0.1) is 0 Å². The number of amides is 4. The molecule has 0 radical (unpaired) electrons. The normalized spacial score (nSPS) is 27.0. The molecular weight excluding hydrogens is 378 g/mol. The molecule has 1 saturated heterocycles. The zero-order valence-electron chi connectivity index (χ0n) is 18.1. The van der Waals surface area contributed by atoms with E-state index in [2.05, 4.69) is 35.8 Å². The molecule has 1 saturated carbocycles. The molecule has 30 heavy (non-hydrogen) atoms. The summed E-state index contributed by atoms with van der Waals surface area (Å²) in [7, 11) is 0. The molecule has 3 aliphatic rings. The van der Waals surface area contributed by atoms with Gasteiger partial charge in [0.2, 0.25) is 5.91 Å². The van der Waals surface area contributed by atoms with Crippen molar-refractivity contribution in [2.45, 2.75) is 83.2 Å². The number of fused-ring (bicyclic) bond motifs is 1. The number of nitrogens with one attached hydrogen (secondary N) is 2.